The van der Waals surface area contributed by atoms with E-state index >= 15 is 0 Å². The lowest BCUT2D eigenvalue weighted by Crippen LogP contribution is -1.85. The Morgan fingerprint density at radius 2 is 0.806 bits per heavy atom. The molecule has 148 valence electrons. The summed E-state index contributed by atoms with van der Waals surface area (Å²) in [4.78, 5) is 1.50. The first-order valence-electron chi connectivity index (χ1n) is 10.1. The zero-order valence-electron chi connectivity index (χ0n) is 16.5. The maximum absolute atomic E-state index is 10.8. The van der Waals surface area contributed by atoms with Crippen molar-refractivity contribution in [2.45, 2.75) is 9.79 Å². The van der Waals surface area contributed by atoms with E-state index in [1.165, 1.54) is 11.8 Å². The molecule has 0 radical (unpaired) electrons. The zero-order chi connectivity index (χ0) is 20.9. The van der Waals surface area contributed by atoms with Gasteiger partial charge in [-0.1, -0.05) is 72.4 Å². The number of phenolic OH excluding ortho intramolecular Hbond substituents is 2. The Hall–Kier alpha value is -3.69. The lowest BCUT2D eigenvalue weighted by atomic mass is 10.0. The maximum atomic E-state index is 10.8. The molecule has 6 rings (SSSR count). The summed E-state index contributed by atoms with van der Waals surface area (Å²) < 4.78 is 0. The Morgan fingerprint density at radius 1 is 0.419 bits per heavy atom. The van der Waals surface area contributed by atoms with Gasteiger partial charge in [0.15, 0.2) is 0 Å². The van der Waals surface area contributed by atoms with E-state index in [9.17, 15) is 10.2 Å². The van der Waals surface area contributed by atoms with E-state index in [1.54, 1.807) is 12.1 Å². The first-order chi connectivity index (χ1) is 15.2. The molecule has 0 atom stereocenters. The van der Waals surface area contributed by atoms with Crippen LogP contribution in [-0.2, 0) is 0 Å². The molecular formula is C28H18O2S. The van der Waals surface area contributed by atoms with Crippen LogP contribution in [0.15, 0.2) is 107 Å². The van der Waals surface area contributed by atoms with Gasteiger partial charge in [0, 0.05) is 0 Å². The average Bonchev–Trinajstić information content (AvgIpc) is 2.80. The largest absolute Gasteiger partial charge is 0.507 e. The Balaban J connectivity index is 1.61. The quantitative estimate of drug-likeness (QED) is 0.281. The van der Waals surface area contributed by atoms with Crippen molar-refractivity contribution in [1.29, 1.82) is 0 Å². The van der Waals surface area contributed by atoms with Crippen molar-refractivity contribution in [2.75, 3.05) is 0 Å². The van der Waals surface area contributed by atoms with Crippen LogP contribution in [0.25, 0.3) is 43.1 Å². The second kappa shape index (κ2) is 6.93. The van der Waals surface area contributed by atoms with E-state index in [0.717, 1.165) is 52.9 Å². The third-order valence-electron chi connectivity index (χ3n) is 5.84. The third-order valence-corrected chi connectivity index (χ3v) is 7.10. The highest BCUT2D eigenvalue weighted by Gasteiger charge is 2.15. The summed E-state index contributed by atoms with van der Waals surface area (Å²) in [6, 6.07) is 32.3. The predicted molar refractivity (Wildman–Crippen MR) is 130 cm³/mol. The van der Waals surface area contributed by atoms with Crippen molar-refractivity contribution in [2.24, 2.45) is 0 Å². The minimum absolute atomic E-state index is 0.213. The topological polar surface area (TPSA) is 40.5 Å². The molecule has 3 heteroatoms. The SMILES string of the molecule is Oc1ccc2cc3ccccc3cc2c1Sc1c(O)ccc2cc3ccccc3cc12. The number of hydrogen-bond donors (Lipinski definition) is 2. The van der Waals surface area contributed by atoms with Crippen molar-refractivity contribution >= 4 is 54.9 Å². The van der Waals surface area contributed by atoms with Crippen LogP contribution in [0.2, 0.25) is 0 Å². The van der Waals surface area contributed by atoms with Crippen LogP contribution >= 0.6 is 11.8 Å². The fourth-order valence-electron chi connectivity index (χ4n) is 4.27. The maximum Gasteiger partial charge on any atom is 0.130 e. The average molecular weight is 419 g/mol. The van der Waals surface area contributed by atoms with Crippen LogP contribution in [0.1, 0.15) is 0 Å². The van der Waals surface area contributed by atoms with Crippen LogP contribution in [0.4, 0.5) is 0 Å². The molecule has 0 aliphatic rings. The first-order valence-corrected chi connectivity index (χ1v) is 11.0. The molecular weight excluding hydrogens is 400 g/mol. The number of hydrogen-bond acceptors (Lipinski definition) is 3. The van der Waals surface area contributed by atoms with E-state index in [1.807, 2.05) is 36.4 Å². The molecule has 0 bridgehead atoms. The molecule has 0 heterocycles. The molecule has 0 aliphatic heterocycles. The summed E-state index contributed by atoms with van der Waals surface area (Å²) in [7, 11) is 0. The molecule has 6 aromatic rings. The van der Waals surface area contributed by atoms with E-state index in [4.69, 9.17) is 0 Å². The van der Waals surface area contributed by atoms with Crippen LogP contribution in [0, 0.1) is 0 Å². The van der Waals surface area contributed by atoms with E-state index in [2.05, 4.69) is 48.5 Å². The van der Waals surface area contributed by atoms with Gasteiger partial charge in [0.1, 0.15) is 11.5 Å². The van der Waals surface area contributed by atoms with Crippen molar-refractivity contribution in [3.05, 3.63) is 97.1 Å². The Morgan fingerprint density at radius 3 is 1.23 bits per heavy atom. The van der Waals surface area contributed by atoms with Gasteiger partial charge in [-0.15, -0.1) is 0 Å². The number of phenols is 2. The highest BCUT2D eigenvalue weighted by Crippen LogP contribution is 2.46. The third kappa shape index (κ3) is 2.97. The number of benzene rings is 6. The molecule has 6 aromatic carbocycles. The summed E-state index contributed by atoms with van der Waals surface area (Å²) in [6.45, 7) is 0. The van der Waals surface area contributed by atoms with Gasteiger partial charge in [-0.3, -0.25) is 0 Å². The van der Waals surface area contributed by atoms with Gasteiger partial charge in [-0.05, 0) is 79.5 Å². The second-order valence-corrected chi connectivity index (χ2v) is 8.79. The van der Waals surface area contributed by atoms with Gasteiger partial charge in [0.2, 0.25) is 0 Å². The number of fused-ring (bicyclic) bond motifs is 4. The van der Waals surface area contributed by atoms with Crippen molar-refractivity contribution in [1.82, 2.24) is 0 Å². The van der Waals surface area contributed by atoms with E-state index in [0.29, 0.717) is 0 Å². The first kappa shape index (κ1) is 18.1. The van der Waals surface area contributed by atoms with Gasteiger partial charge in [0.05, 0.1) is 9.79 Å². The molecule has 0 spiro atoms. The normalized spacial score (nSPS) is 11.6. The van der Waals surface area contributed by atoms with Gasteiger partial charge in [0.25, 0.3) is 0 Å². The van der Waals surface area contributed by atoms with Crippen LogP contribution in [-0.4, -0.2) is 10.2 Å². The highest BCUT2D eigenvalue weighted by molar-refractivity contribution is 8.00. The monoisotopic (exact) mass is 418 g/mol. The van der Waals surface area contributed by atoms with E-state index < -0.39 is 0 Å². The summed E-state index contributed by atoms with van der Waals surface area (Å²) in [5, 5.41) is 30.2. The summed E-state index contributed by atoms with van der Waals surface area (Å²) >= 11 is 1.42. The highest BCUT2D eigenvalue weighted by atomic mass is 32.2. The minimum Gasteiger partial charge on any atom is -0.507 e. The number of rotatable bonds is 2. The summed E-state index contributed by atoms with van der Waals surface area (Å²) in [5.41, 5.74) is 0. The smallest absolute Gasteiger partial charge is 0.130 e. The summed E-state index contributed by atoms with van der Waals surface area (Å²) in [5.74, 6) is 0.426. The molecule has 2 N–H and O–H groups in total. The molecule has 0 saturated carbocycles. The standard InChI is InChI=1S/C28H18O2S/c29-25-11-9-21-13-17-5-1-3-7-19(17)15-23(21)27(25)31-28-24-16-20-8-4-2-6-18(20)14-22(24)10-12-26(28)30/h1-16,29-30H. The lowest BCUT2D eigenvalue weighted by molar-refractivity contribution is 0.462. The molecule has 31 heavy (non-hydrogen) atoms. The Labute approximate surface area is 183 Å². The molecule has 2 nitrogen and oxygen atoms in total. The van der Waals surface area contributed by atoms with Gasteiger partial charge in [-0.2, -0.15) is 0 Å². The van der Waals surface area contributed by atoms with Crippen LogP contribution in [0.5, 0.6) is 11.5 Å². The lowest BCUT2D eigenvalue weighted by Gasteiger charge is -2.14. The van der Waals surface area contributed by atoms with Crippen LogP contribution < -0.4 is 0 Å². The Kier molecular flexibility index (Phi) is 4.05. The zero-order valence-corrected chi connectivity index (χ0v) is 17.4. The molecule has 0 unspecified atom stereocenters. The fourth-order valence-corrected chi connectivity index (χ4v) is 5.39. The summed E-state index contributed by atoms with van der Waals surface area (Å²) in [6.07, 6.45) is 0. The van der Waals surface area contributed by atoms with Crippen molar-refractivity contribution in [3.8, 4) is 11.5 Å². The van der Waals surface area contributed by atoms with Crippen LogP contribution in [0.3, 0.4) is 0 Å². The predicted octanol–water partition coefficient (Wildman–Crippen LogP) is 7.86. The van der Waals surface area contributed by atoms with Crippen molar-refractivity contribution in [3.63, 3.8) is 0 Å². The van der Waals surface area contributed by atoms with Gasteiger partial charge >= 0.3 is 0 Å². The second-order valence-electron chi connectivity index (χ2n) is 7.77. The molecule has 0 saturated heterocycles. The van der Waals surface area contributed by atoms with Gasteiger partial charge in [-0.25, -0.2) is 0 Å². The fraction of sp³-hybridized carbons (Fsp3) is 0. The van der Waals surface area contributed by atoms with Crippen molar-refractivity contribution < 1.29 is 10.2 Å². The molecule has 0 amide bonds. The van der Waals surface area contributed by atoms with E-state index in [-0.39, 0.29) is 11.5 Å². The number of aromatic hydroxyl groups is 2. The van der Waals surface area contributed by atoms with Gasteiger partial charge < -0.3 is 10.2 Å². The minimum atomic E-state index is 0.213. The molecule has 0 aromatic heterocycles. The molecule has 0 aliphatic carbocycles. The Bertz CT molecular complexity index is 1510. The molecule has 0 fully saturated rings.